The number of anilines is 1. The summed E-state index contributed by atoms with van der Waals surface area (Å²) in [5.41, 5.74) is 1.27. The third-order valence-electron chi connectivity index (χ3n) is 2.45. The molecule has 7 nitrogen and oxygen atoms in total. The molecule has 0 atom stereocenters. The molecule has 0 bridgehead atoms. The van der Waals surface area contributed by atoms with Gasteiger partial charge >= 0.3 is 0 Å². The number of rotatable bonds is 6. The summed E-state index contributed by atoms with van der Waals surface area (Å²) in [4.78, 5) is 19.8. The highest BCUT2D eigenvalue weighted by Crippen LogP contribution is 2.13. The van der Waals surface area contributed by atoms with Crippen molar-refractivity contribution in [2.24, 2.45) is 0 Å². The van der Waals surface area contributed by atoms with Gasteiger partial charge < -0.3 is 15.2 Å². The minimum Gasteiger partial charge on any atom is -0.384 e. The van der Waals surface area contributed by atoms with Crippen molar-refractivity contribution in [3.63, 3.8) is 0 Å². The number of carbonyl (C=O) groups is 1. The number of hydrogen-bond acceptors (Lipinski definition) is 6. The Balaban J connectivity index is 2.01. The summed E-state index contributed by atoms with van der Waals surface area (Å²) in [6.07, 6.45) is 5.38. The number of amides is 1. The molecule has 0 unspecified atom stereocenters. The number of nitrogens with zero attached hydrogens (tertiary/aromatic N) is 3. The van der Waals surface area contributed by atoms with Crippen molar-refractivity contribution in [3.8, 4) is 0 Å². The monoisotopic (exact) mass is 261 g/mol. The molecule has 2 rings (SSSR count). The molecule has 100 valence electrons. The van der Waals surface area contributed by atoms with Gasteiger partial charge in [-0.1, -0.05) is 12.1 Å². The van der Waals surface area contributed by atoms with E-state index in [9.17, 15) is 4.79 Å². The molecule has 19 heavy (non-hydrogen) atoms. The average molecular weight is 261 g/mol. The van der Waals surface area contributed by atoms with Gasteiger partial charge in [-0.15, -0.1) is 0 Å². The van der Waals surface area contributed by atoms with Crippen molar-refractivity contribution in [3.05, 3.63) is 36.2 Å². The SMILES string of the molecule is CCCNc1ccncc1C(=O)NCc1ncon1. The van der Waals surface area contributed by atoms with Gasteiger partial charge in [-0.2, -0.15) is 4.98 Å². The van der Waals surface area contributed by atoms with Crippen LogP contribution in [0.4, 0.5) is 5.69 Å². The summed E-state index contributed by atoms with van der Waals surface area (Å²) >= 11 is 0. The normalized spacial score (nSPS) is 10.2. The number of nitrogens with one attached hydrogen (secondary N) is 2. The van der Waals surface area contributed by atoms with Gasteiger partial charge in [0.1, 0.15) is 0 Å². The van der Waals surface area contributed by atoms with Crippen molar-refractivity contribution >= 4 is 11.6 Å². The molecule has 2 N–H and O–H groups in total. The molecule has 2 aromatic heterocycles. The highest BCUT2D eigenvalue weighted by molar-refractivity contribution is 5.99. The van der Waals surface area contributed by atoms with E-state index in [4.69, 9.17) is 0 Å². The zero-order valence-electron chi connectivity index (χ0n) is 10.6. The Labute approximate surface area is 110 Å². The number of aromatic nitrogens is 3. The summed E-state index contributed by atoms with van der Waals surface area (Å²) in [5.74, 6) is 0.205. The van der Waals surface area contributed by atoms with Crippen molar-refractivity contribution in [2.75, 3.05) is 11.9 Å². The van der Waals surface area contributed by atoms with Crippen molar-refractivity contribution in [1.82, 2.24) is 20.4 Å². The van der Waals surface area contributed by atoms with Crippen LogP contribution < -0.4 is 10.6 Å². The van der Waals surface area contributed by atoms with Crippen LogP contribution >= 0.6 is 0 Å². The lowest BCUT2D eigenvalue weighted by Gasteiger charge is -2.10. The van der Waals surface area contributed by atoms with E-state index in [1.807, 2.05) is 0 Å². The average Bonchev–Trinajstić information content (AvgIpc) is 2.96. The summed E-state index contributed by atoms with van der Waals surface area (Å²) in [6, 6.07) is 1.78. The van der Waals surface area contributed by atoms with Gasteiger partial charge in [0.05, 0.1) is 17.8 Å². The Bertz CT molecular complexity index is 527. The summed E-state index contributed by atoms with van der Waals surface area (Å²) in [5, 5.41) is 9.52. The van der Waals surface area contributed by atoms with E-state index >= 15 is 0 Å². The highest BCUT2D eigenvalue weighted by Gasteiger charge is 2.11. The fourth-order valence-corrected chi connectivity index (χ4v) is 1.51. The Morgan fingerprint density at radius 1 is 1.47 bits per heavy atom. The van der Waals surface area contributed by atoms with Crippen LogP contribution in [0.1, 0.15) is 29.5 Å². The maximum absolute atomic E-state index is 12.0. The van der Waals surface area contributed by atoms with Crippen LogP contribution in [0.5, 0.6) is 0 Å². The Morgan fingerprint density at radius 3 is 3.11 bits per heavy atom. The molecule has 2 aromatic rings. The summed E-state index contributed by atoms with van der Waals surface area (Å²) in [7, 11) is 0. The van der Waals surface area contributed by atoms with Crippen molar-refractivity contribution in [2.45, 2.75) is 19.9 Å². The van der Waals surface area contributed by atoms with Crippen LogP contribution in [-0.2, 0) is 6.54 Å². The molecular formula is C12H15N5O2. The lowest BCUT2D eigenvalue weighted by molar-refractivity contribution is 0.0950. The first kappa shape index (κ1) is 13.0. The van der Waals surface area contributed by atoms with Crippen LogP contribution in [0.2, 0.25) is 0 Å². The van der Waals surface area contributed by atoms with Crippen LogP contribution in [0, 0.1) is 0 Å². The first-order valence-corrected chi connectivity index (χ1v) is 6.02. The molecular weight excluding hydrogens is 246 g/mol. The minimum atomic E-state index is -0.225. The molecule has 0 radical (unpaired) electrons. The van der Waals surface area contributed by atoms with Gasteiger partial charge in [0.25, 0.3) is 5.91 Å². The van der Waals surface area contributed by atoms with E-state index in [1.54, 1.807) is 12.3 Å². The minimum absolute atomic E-state index is 0.220. The molecule has 0 aliphatic heterocycles. The predicted molar refractivity (Wildman–Crippen MR) is 68.5 cm³/mol. The fraction of sp³-hybridized carbons (Fsp3) is 0.333. The number of pyridine rings is 1. The van der Waals surface area contributed by atoms with Crippen molar-refractivity contribution in [1.29, 1.82) is 0 Å². The lowest BCUT2D eigenvalue weighted by Crippen LogP contribution is -2.24. The molecule has 0 aliphatic rings. The Morgan fingerprint density at radius 2 is 2.37 bits per heavy atom. The zero-order chi connectivity index (χ0) is 13.5. The van der Waals surface area contributed by atoms with E-state index in [2.05, 4.69) is 37.2 Å². The zero-order valence-corrected chi connectivity index (χ0v) is 10.6. The molecule has 0 fully saturated rings. The molecule has 0 aromatic carbocycles. The van der Waals surface area contributed by atoms with E-state index in [0.717, 1.165) is 18.7 Å². The maximum Gasteiger partial charge on any atom is 0.255 e. The topological polar surface area (TPSA) is 92.9 Å². The second-order valence-electron chi connectivity index (χ2n) is 3.88. The summed E-state index contributed by atoms with van der Waals surface area (Å²) < 4.78 is 4.59. The third kappa shape index (κ3) is 3.51. The fourth-order valence-electron chi connectivity index (χ4n) is 1.51. The quantitative estimate of drug-likeness (QED) is 0.812. The van der Waals surface area contributed by atoms with Gasteiger partial charge in [-0.3, -0.25) is 9.78 Å². The summed E-state index contributed by atoms with van der Waals surface area (Å²) in [6.45, 7) is 3.08. The van der Waals surface area contributed by atoms with Crippen LogP contribution in [0.3, 0.4) is 0 Å². The lowest BCUT2D eigenvalue weighted by atomic mass is 10.2. The van der Waals surface area contributed by atoms with Gasteiger partial charge in [0, 0.05) is 18.9 Å². The van der Waals surface area contributed by atoms with E-state index in [-0.39, 0.29) is 12.5 Å². The second-order valence-corrected chi connectivity index (χ2v) is 3.88. The largest absolute Gasteiger partial charge is 0.384 e. The molecule has 2 heterocycles. The molecule has 7 heteroatoms. The highest BCUT2D eigenvalue weighted by atomic mass is 16.5. The standard InChI is InChI=1S/C12H15N5O2/c1-2-4-14-10-3-5-13-6-9(10)12(18)15-7-11-16-8-19-17-11/h3,5-6,8H,2,4,7H2,1H3,(H,13,14)(H,15,18). The molecule has 0 spiro atoms. The van der Waals surface area contributed by atoms with Crippen LogP contribution in [-0.4, -0.2) is 27.6 Å². The van der Waals surface area contributed by atoms with Crippen LogP contribution in [0.25, 0.3) is 0 Å². The number of carbonyl (C=O) groups excluding carboxylic acids is 1. The van der Waals surface area contributed by atoms with Crippen molar-refractivity contribution < 1.29 is 9.32 Å². The number of hydrogen-bond donors (Lipinski definition) is 2. The van der Waals surface area contributed by atoms with Crippen LogP contribution in [0.15, 0.2) is 29.4 Å². The molecule has 0 aliphatic carbocycles. The third-order valence-corrected chi connectivity index (χ3v) is 2.45. The predicted octanol–water partition coefficient (Wildman–Crippen LogP) is 1.22. The van der Waals surface area contributed by atoms with Gasteiger partial charge in [-0.25, -0.2) is 0 Å². The molecule has 1 amide bonds. The van der Waals surface area contributed by atoms with E-state index in [0.29, 0.717) is 11.4 Å². The first-order valence-electron chi connectivity index (χ1n) is 6.02. The second kappa shape index (κ2) is 6.48. The maximum atomic E-state index is 12.0. The Hall–Kier alpha value is -2.44. The van der Waals surface area contributed by atoms with Gasteiger partial charge in [0.2, 0.25) is 6.39 Å². The first-order chi connectivity index (χ1) is 9.31. The Kier molecular flexibility index (Phi) is 4.44. The van der Waals surface area contributed by atoms with Gasteiger partial charge in [-0.05, 0) is 12.5 Å². The molecule has 0 saturated heterocycles. The van der Waals surface area contributed by atoms with E-state index < -0.39 is 0 Å². The molecule has 0 saturated carbocycles. The smallest absolute Gasteiger partial charge is 0.255 e. The van der Waals surface area contributed by atoms with E-state index in [1.165, 1.54) is 12.6 Å². The van der Waals surface area contributed by atoms with Gasteiger partial charge in [0.15, 0.2) is 5.82 Å².